The number of hydrogen-bond donors (Lipinski definition) is 2. The molecule has 7 heteroatoms. The summed E-state index contributed by atoms with van der Waals surface area (Å²) in [7, 11) is 0. The van der Waals surface area contributed by atoms with Crippen molar-refractivity contribution in [3.05, 3.63) is 70.1 Å². The standard InChI is InChI=1S/C22H20F2N4O/c1-21(2)9-15-17(20(29)28-21)22(3,12-7-5-4-6-8-12)16-13(10-25)14(18(23)24)11-26-19(16)27-15/h4-8,11,18H,9H2,1-3H3,(H,26,27)(H,28,29)/t22-/m0/s1. The van der Waals surface area contributed by atoms with Gasteiger partial charge in [-0.25, -0.2) is 13.8 Å². The summed E-state index contributed by atoms with van der Waals surface area (Å²) >= 11 is 0. The van der Waals surface area contributed by atoms with E-state index in [9.17, 15) is 18.8 Å². The molecule has 1 aromatic carbocycles. The number of fused-ring (bicyclic) bond motifs is 1. The summed E-state index contributed by atoms with van der Waals surface area (Å²) in [5, 5.41) is 16.0. The Balaban J connectivity index is 2.10. The molecule has 29 heavy (non-hydrogen) atoms. The van der Waals surface area contributed by atoms with Crippen LogP contribution in [0.2, 0.25) is 0 Å². The normalized spacial score (nSPS) is 22.3. The van der Waals surface area contributed by atoms with Gasteiger partial charge in [0.05, 0.1) is 22.1 Å². The van der Waals surface area contributed by atoms with E-state index in [-0.39, 0.29) is 11.5 Å². The number of carbonyl (C=O) groups is 1. The first-order valence-electron chi connectivity index (χ1n) is 9.29. The van der Waals surface area contributed by atoms with Gasteiger partial charge in [0.2, 0.25) is 0 Å². The summed E-state index contributed by atoms with van der Waals surface area (Å²) < 4.78 is 27.3. The minimum absolute atomic E-state index is 0.145. The largest absolute Gasteiger partial charge is 0.347 e. The van der Waals surface area contributed by atoms with Crippen LogP contribution < -0.4 is 10.6 Å². The summed E-state index contributed by atoms with van der Waals surface area (Å²) in [5.41, 5.74) is -0.00464. The van der Waals surface area contributed by atoms with Crippen LogP contribution in [0.1, 0.15) is 55.9 Å². The molecule has 2 aliphatic rings. The Morgan fingerprint density at radius 1 is 1.21 bits per heavy atom. The van der Waals surface area contributed by atoms with Crippen molar-refractivity contribution in [1.29, 1.82) is 5.26 Å². The highest BCUT2D eigenvalue weighted by Gasteiger charge is 2.49. The average molecular weight is 394 g/mol. The van der Waals surface area contributed by atoms with Gasteiger partial charge in [-0.15, -0.1) is 0 Å². The molecule has 2 N–H and O–H groups in total. The van der Waals surface area contributed by atoms with E-state index in [1.165, 1.54) is 0 Å². The third kappa shape index (κ3) is 2.79. The Hall–Kier alpha value is -3.27. The van der Waals surface area contributed by atoms with Gasteiger partial charge in [-0.3, -0.25) is 4.79 Å². The number of nitriles is 1. The molecule has 0 saturated carbocycles. The first-order valence-corrected chi connectivity index (χ1v) is 9.29. The van der Waals surface area contributed by atoms with Crippen LogP contribution in [0.25, 0.3) is 0 Å². The molecule has 0 saturated heterocycles. The molecule has 0 fully saturated rings. The molecule has 5 nitrogen and oxygen atoms in total. The third-order valence-corrected chi connectivity index (χ3v) is 5.68. The van der Waals surface area contributed by atoms with Gasteiger partial charge in [-0.05, 0) is 26.3 Å². The second-order valence-electron chi connectivity index (χ2n) is 8.21. The SMILES string of the molecule is CC1(C)CC2=C(C(=O)N1)[C@@](C)(c1ccccc1)c1c(ncc(C(F)F)c1C#N)N2. The number of amides is 1. The molecule has 1 aromatic heterocycles. The van der Waals surface area contributed by atoms with E-state index in [1.54, 1.807) is 6.92 Å². The molecule has 0 unspecified atom stereocenters. The van der Waals surface area contributed by atoms with E-state index >= 15 is 0 Å². The van der Waals surface area contributed by atoms with Crippen molar-refractivity contribution in [3.8, 4) is 6.07 Å². The molecule has 4 rings (SSSR count). The Morgan fingerprint density at radius 3 is 2.52 bits per heavy atom. The second-order valence-corrected chi connectivity index (χ2v) is 8.21. The molecule has 2 aromatic rings. The Labute approximate surface area is 167 Å². The highest BCUT2D eigenvalue weighted by Crippen LogP contribution is 2.51. The molecule has 2 aliphatic heterocycles. The number of carbonyl (C=O) groups excluding carboxylic acids is 1. The van der Waals surface area contributed by atoms with Crippen LogP contribution in [0.5, 0.6) is 0 Å². The summed E-state index contributed by atoms with van der Waals surface area (Å²) in [5.74, 6) is 0.0497. The predicted molar refractivity (Wildman–Crippen MR) is 104 cm³/mol. The number of halogens is 2. The fourth-order valence-corrected chi connectivity index (χ4v) is 4.44. The molecule has 148 valence electrons. The maximum absolute atomic E-state index is 13.6. The van der Waals surface area contributed by atoms with Gasteiger partial charge >= 0.3 is 0 Å². The Kier molecular flexibility index (Phi) is 4.19. The van der Waals surface area contributed by atoms with Crippen LogP contribution >= 0.6 is 0 Å². The average Bonchev–Trinajstić information content (AvgIpc) is 2.66. The number of alkyl halides is 2. The monoisotopic (exact) mass is 394 g/mol. The number of anilines is 1. The highest BCUT2D eigenvalue weighted by molar-refractivity contribution is 6.01. The predicted octanol–water partition coefficient (Wildman–Crippen LogP) is 4.17. The number of aromatic nitrogens is 1. The fraction of sp³-hybridized carbons (Fsp3) is 0.318. The smallest absolute Gasteiger partial charge is 0.266 e. The zero-order valence-corrected chi connectivity index (χ0v) is 16.3. The molecule has 0 radical (unpaired) electrons. The van der Waals surface area contributed by atoms with Crippen LogP contribution in [-0.4, -0.2) is 16.4 Å². The number of hydrogen-bond acceptors (Lipinski definition) is 4. The van der Waals surface area contributed by atoms with Crippen molar-refractivity contribution in [1.82, 2.24) is 10.3 Å². The van der Waals surface area contributed by atoms with Crippen molar-refractivity contribution in [3.63, 3.8) is 0 Å². The first-order chi connectivity index (χ1) is 13.7. The third-order valence-electron chi connectivity index (χ3n) is 5.68. The summed E-state index contributed by atoms with van der Waals surface area (Å²) in [6, 6.07) is 11.1. The van der Waals surface area contributed by atoms with Crippen molar-refractivity contribution >= 4 is 11.7 Å². The van der Waals surface area contributed by atoms with Gasteiger partial charge in [0.15, 0.2) is 0 Å². The first kappa shape index (κ1) is 19.1. The summed E-state index contributed by atoms with van der Waals surface area (Å²) in [4.78, 5) is 17.4. The van der Waals surface area contributed by atoms with Gasteiger partial charge in [0.25, 0.3) is 12.3 Å². The lowest BCUT2D eigenvalue weighted by molar-refractivity contribution is -0.120. The minimum Gasteiger partial charge on any atom is -0.347 e. The van der Waals surface area contributed by atoms with Crippen LogP contribution in [0.15, 0.2) is 47.8 Å². The van der Waals surface area contributed by atoms with Crippen molar-refractivity contribution < 1.29 is 13.6 Å². The zero-order valence-electron chi connectivity index (χ0n) is 16.3. The van der Waals surface area contributed by atoms with Crippen molar-refractivity contribution in [2.75, 3.05) is 5.32 Å². The van der Waals surface area contributed by atoms with E-state index in [2.05, 4.69) is 15.6 Å². The van der Waals surface area contributed by atoms with Crippen LogP contribution in [0.4, 0.5) is 14.6 Å². The highest BCUT2D eigenvalue weighted by atomic mass is 19.3. The molecule has 3 heterocycles. The Morgan fingerprint density at radius 2 is 1.90 bits per heavy atom. The van der Waals surface area contributed by atoms with Crippen LogP contribution in [0, 0.1) is 11.3 Å². The van der Waals surface area contributed by atoms with Gasteiger partial charge in [0, 0.05) is 29.4 Å². The lowest BCUT2D eigenvalue weighted by Gasteiger charge is -2.45. The Bertz CT molecular complexity index is 1090. The molecule has 0 aliphatic carbocycles. The number of benzene rings is 1. The van der Waals surface area contributed by atoms with Gasteiger partial charge in [-0.2, -0.15) is 5.26 Å². The van der Waals surface area contributed by atoms with Gasteiger partial charge in [0.1, 0.15) is 11.9 Å². The minimum atomic E-state index is -2.85. The quantitative estimate of drug-likeness (QED) is 0.801. The number of pyridine rings is 1. The van der Waals surface area contributed by atoms with E-state index < -0.39 is 22.9 Å². The summed E-state index contributed by atoms with van der Waals surface area (Å²) in [6.07, 6.45) is -1.28. The lowest BCUT2D eigenvalue weighted by atomic mass is 9.64. The second kappa shape index (κ2) is 6.38. The fourth-order valence-electron chi connectivity index (χ4n) is 4.44. The maximum atomic E-state index is 13.6. The molecule has 1 amide bonds. The van der Waals surface area contributed by atoms with Gasteiger partial charge in [-0.1, -0.05) is 30.3 Å². The number of rotatable bonds is 2. The molecular weight excluding hydrogens is 374 g/mol. The van der Waals surface area contributed by atoms with Crippen molar-refractivity contribution in [2.24, 2.45) is 0 Å². The number of nitrogens with zero attached hydrogens (tertiary/aromatic N) is 2. The molecule has 0 spiro atoms. The van der Waals surface area contributed by atoms with E-state index in [0.29, 0.717) is 29.1 Å². The van der Waals surface area contributed by atoms with E-state index in [4.69, 9.17) is 0 Å². The van der Waals surface area contributed by atoms with Crippen molar-refractivity contribution in [2.45, 2.75) is 44.6 Å². The topological polar surface area (TPSA) is 77.8 Å². The van der Waals surface area contributed by atoms with Crippen LogP contribution in [0.3, 0.4) is 0 Å². The van der Waals surface area contributed by atoms with E-state index in [0.717, 1.165) is 11.8 Å². The molecular formula is C22H20F2N4O. The molecule has 0 bridgehead atoms. The van der Waals surface area contributed by atoms with E-state index in [1.807, 2.05) is 50.2 Å². The maximum Gasteiger partial charge on any atom is 0.266 e. The lowest BCUT2D eigenvalue weighted by Crippen LogP contribution is -2.54. The number of nitrogens with one attached hydrogen (secondary N) is 2. The van der Waals surface area contributed by atoms with Crippen LogP contribution in [-0.2, 0) is 10.2 Å². The van der Waals surface area contributed by atoms with Gasteiger partial charge < -0.3 is 10.6 Å². The summed E-state index contributed by atoms with van der Waals surface area (Å²) in [6.45, 7) is 5.63. The zero-order chi connectivity index (χ0) is 21.0. The molecule has 1 atom stereocenters.